The van der Waals surface area contributed by atoms with Crippen LogP contribution in [0.25, 0.3) is 0 Å². The average molecular weight is 440 g/mol. The lowest BCUT2D eigenvalue weighted by molar-refractivity contribution is -0.123. The minimum Gasteiger partial charge on any atom is -0.448 e. The number of nitrogens with one attached hydrogen (secondary N) is 1. The topological polar surface area (TPSA) is 116 Å². The molecule has 0 aliphatic carbocycles. The van der Waals surface area contributed by atoms with Gasteiger partial charge in [-0.25, -0.2) is 13.2 Å². The summed E-state index contributed by atoms with van der Waals surface area (Å²) in [5.41, 5.74) is 2.02. The summed E-state index contributed by atoms with van der Waals surface area (Å²) in [6, 6.07) is 1.26. The number of anilines is 1. The molecule has 166 valence electrons. The summed E-state index contributed by atoms with van der Waals surface area (Å²) in [7, 11) is -0.402. The zero-order valence-electron chi connectivity index (χ0n) is 18.4. The Morgan fingerprint density at radius 2 is 1.83 bits per heavy atom. The molecule has 11 heteroatoms. The van der Waals surface area contributed by atoms with E-state index in [9.17, 15) is 18.0 Å². The smallest absolute Gasteiger partial charge is 0.355 e. The van der Waals surface area contributed by atoms with Crippen LogP contribution < -0.4 is 5.32 Å². The van der Waals surface area contributed by atoms with Gasteiger partial charge >= 0.3 is 5.97 Å². The maximum absolute atomic E-state index is 12.7. The zero-order chi connectivity index (χ0) is 22.8. The minimum atomic E-state index is -3.71. The second-order valence-corrected chi connectivity index (χ2v) is 8.91. The molecule has 1 unspecified atom stereocenters. The van der Waals surface area contributed by atoms with E-state index in [-0.39, 0.29) is 10.6 Å². The number of hydrogen-bond donors (Lipinski definition) is 1. The van der Waals surface area contributed by atoms with Gasteiger partial charge in [0.1, 0.15) is 10.6 Å². The van der Waals surface area contributed by atoms with Crippen molar-refractivity contribution in [1.29, 1.82) is 0 Å². The van der Waals surface area contributed by atoms with Crippen molar-refractivity contribution in [1.82, 2.24) is 18.7 Å². The first-order valence-electron chi connectivity index (χ1n) is 9.62. The van der Waals surface area contributed by atoms with Crippen molar-refractivity contribution >= 4 is 27.6 Å². The SMILES string of the molecule is CCN(CC)S(=O)(=O)c1cc(C(=O)OC(C)C(=O)Nc2c(C)nn(C)c2C)n(C)c1. The Labute approximate surface area is 176 Å². The Kier molecular flexibility index (Phi) is 7.09. The Bertz CT molecular complexity index is 1050. The molecule has 1 N–H and O–H groups in total. The van der Waals surface area contributed by atoms with Crippen LogP contribution in [0.15, 0.2) is 17.2 Å². The number of carbonyl (C=O) groups is 2. The summed E-state index contributed by atoms with van der Waals surface area (Å²) in [4.78, 5) is 25.0. The predicted molar refractivity (Wildman–Crippen MR) is 112 cm³/mol. The highest BCUT2D eigenvalue weighted by molar-refractivity contribution is 7.89. The molecule has 0 radical (unpaired) electrons. The van der Waals surface area contributed by atoms with E-state index in [0.29, 0.717) is 24.5 Å². The van der Waals surface area contributed by atoms with Crippen molar-refractivity contribution in [3.63, 3.8) is 0 Å². The minimum absolute atomic E-state index is 0.000589. The molecule has 2 aromatic heterocycles. The number of sulfonamides is 1. The number of aromatic nitrogens is 3. The molecule has 2 aromatic rings. The van der Waals surface area contributed by atoms with Crippen molar-refractivity contribution in [2.24, 2.45) is 14.1 Å². The van der Waals surface area contributed by atoms with Crippen LogP contribution in [0.4, 0.5) is 5.69 Å². The molecule has 2 heterocycles. The van der Waals surface area contributed by atoms with Gasteiger partial charge in [0, 0.05) is 33.4 Å². The number of amides is 1. The molecular weight excluding hydrogens is 410 g/mol. The van der Waals surface area contributed by atoms with Gasteiger partial charge in [0.05, 0.1) is 17.1 Å². The number of nitrogens with zero attached hydrogens (tertiary/aromatic N) is 4. The predicted octanol–water partition coefficient (Wildman–Crippen LogP) is 1.59. The number of rotatable bonds is 8. The fourth-order valence-corrected chi connectivity index (χ4v) is 4.57. The maximum atomic E-state index is 12.7. The van der Waals surface area contributed by atoms with Crippen LogP contribution in [0.1, 0.15) is 42.6 Å². The number of hydrogen-bond acceptors (Lipinski definition) is 6. The van der Waals surface area contributed by atoms with E-state index in [2.05, 4.69) is 10.4 Å². The molecule has 0 saturated heterocycles. The van der Waals surface area contributed by atoms with Gasteiger partial charge < -0.3 is 14.6 Å². The second-order valence-electron chi connectivity index (χ2n) is 6.97. The van der Waals surface area contributed by atoms with E-state index >= 15 is 0 Å². The van der Waals surface area contributed by atoms with Crippen molar-refractivity contribution in [3.05, 3.63) is 29.3 Å². The number of esters is 1. The average Bonchev–Trinajstić information content (AvgIpc) is 3.18. The van der Waals surface area contributed by atoms with E-state index in [1.165, 1.54) is 28.1 Å². The summed E-state index contributed by atoms with van der Waals surface area (Å²) in [5, 5.41) is 6.95. The van der Waals surface area contributed by atoms with Crippen molar-refractivity contribution in [3.8, 4) is 0 Å². The van der Waals surface area contributed by atoms with Gasteiger partial charge in [0.25, 0.3) is 5.91 Å². The Hall–Kier alpha value is -2.66. The van der Waals surface area contributed by atoms with E-state index in [4.69, 9.17) is 4.74 Å². The standard InChI is InChI=1S/C19H29N5O5S/c1-8-24(9-2)30(27,28)15-10-16(22(6)11-15)19(26)29-14(5)18(25)20-17-12(3)21-23(7)13(17)4/h10-11,14H,8-9H2,1-7H3,(H,20,25). The number of aryl methyl sites for hydroxylation is 3. The van der Waals surface area contributed by atoms with Gasteiger partial charge in [-0.3, -0.25) is 9.48 Å². The lowest BCUT2D eigenvalue weighted by atomic mass is 10.3. The van der Waals surface area contributed by atoms with Crippen molar-refractivity contribution < 1.29 is 22.7 Å². The molecule has 0 aliphatic heterocycles. The summed E-state index contributed by atoms with van der Waals surface area (Å²) < 4.78 is 34.9. The van der Waals surface area contributed by atoms with Crippen LogP contribution in [-0.2, 0) is 33.7 Å². The molecular formula is C19H29N5O5S. The van der Waals surface area contributed by atoms with Crippen LogP contribution in [0, 0.1) is 13.8 Å². The maximum Gasteiger partial charge on any atom is 0.355 e. The Morgan fingerprint density at radius 1 is 1.23 bits per heavy atom. The third kappa shape index (κ3) is 4.57. The van der Waals surface area contributed by atoms with E-state index in [1.54, 1.807) is 39.5 Å². The zero-order valence-corrected chi connectivity index (χ0v) is 19.2. The van der Waals surface area contributed by atoms with Gasteiger partial charge in [-0.1, -0.05) is 13.8 Å². The summed E-state index contributed by atoms with van der Waals surface area (Å²) >= 11 is 0. The fraction of sp³-hybridized carbons (Fsp3) is 0.526. The summed E-state index contributed by atoms with van der Waals surface area (Å²) in [6.07, 6.45) is 0.270. The lowest BCUT2D eigenvalue weighted by Gasteiger charge is -2.17. The van der Waals surface area contributed by atoms with E-state index in [0.717, 1.165) is 5.69 Å². The van der Waals surface area contributed by atoms with Crippen LogP contribution in [-0.4, -0.2) is 58.1 Å². The van der Waals surface area contributed by atoms with Crippen LogP contribution >= 0.6 is 0 Å². The van der Waals surface area contributed by atoms with Gasteiger partial charge in [0.2, 0.25) is 10.0 Å². The summed E-state index contributed by atoms with van der Waals surface area (Å²) in [6.45, 7) is 9.14. The van der Waals surface area contributed by atoms with Crippen LogP contribution in [0.2, 0.25) is 0 Å². The molecule has 10 nitrogen and oxygen atoms in total. The quantitative estimate of drug-likeness (QED) is 0.625. The highest BCUT2D eigenvalue weighted by atomic mass is 32.2. The lowest BCUT2D eigenvalue weighted by Crippen LogP contribution is -2.31. The number of ether oxygens (including phenoxy) is 1. The Morgan fingerprint density at radius 3 is 2.33 bits per heavy atom. The molecule has 0 saturated carbocycles. The van der Waals surface area contributed by atoms with Gasteiger partial charge in [0.15, 0.2) is 6.10 Å². The summed E-state index contributed by atoms with van der Waals surface area (Å²) in [5.74, 6) is -1.30. The van der Waals surface area contributed by atoms with Crippen LogP contribution in [0.3, 0.4) is 0 Å². The molecule has 1 amide bonds. The van der Waals surface area contributed by atoms with Crippen molar-refractivity contribution in [2.45, 2.75) is 45.6 Å². The van der Waals surface area contributed by atoms with Gasteiger partial charge in [-0.15, -0.1) is 0 Å². The number of carbonyl (C=O) groups excluding carboxylic acids is 2. The van der Waals surface area contributed by atoms with E-state index < -0.39 is 28.0 Å². The molecule has 30 heavy (non-hydrogen) atoms. The molecule has 0 aliphatic rings. The second kappa shape index (κ2) is 9.00. The van der Waals surface area contributed by atoms with Crippen LogP contribution in [0.5, 0.6) is 0 Å². The Balaban J connectivity index is 2.16. The molecule has 0 fully saturated rings. The third-order valence-corrected chi connectivity index (χ3v) is 6.96. The van der Waals surface area contributed by atoms with Gasteiger partial charge in [-0.05, 0) is 26.8 Å². The monoisotopic (exact) mass is 439 g/mol. The highest BCUT2D eigenvalue weighted by Crippen LogP contribution is 2.21. The first kappa shape index (κ1) is 23.6. The molecule has 0 aromatic carbocycles. The first-order chi connectivity index (χ1) is 13.9. The largest absolute Gasteiger partial charge is 0.448 e. The molecule has 0 bridgehead atoms. The molecule has 2 rings (SSSR count). The van der Waals surface area contributed by atoms with Gasteiger partial charge in [-0.2, -0.15) is 9.40 Å². The third-order valence-electron chi connectivity index (χ3n) is 4.94. The molecule has 1 atom stereocenters. The first-order valence-corrected chi connectivity index (χ1v) is 11.1. The molecule has 0 spiro atoms. The highest BCUT2D eigenvalue weighted by Gasteiger charge is 2.27. The van der Waals surface area contributed by atoms with Crippen molar-refractivity contribution in [2.75, 3.05) is 18.4 Å². The fourth-order valence-electron chi connectivity index (χ4n) is 3.04. The van der Waals surface area contributed by atoms with E-state index in [1.807, 2.05) is 6.92 Å². The normalized spacial score (nSPS) is 12.8.